The summed E-state index contributed by atoms with van der Waals surface area (Å²) in [5.41, 5.74) is 7.50. The first kappa shape index (κ1) is 20.5. The van der Waals surface area contributed by atoms with Gasteiger partial charge in [0.2, 0.25) is 17.8 Å². The third-order valence-corrected chi connectivity index (χ3v) is 6.76. The fourth-order valence-corrected chi connectivity index (χ4v) is 5.17. The second kappa shape index (κ2) is 7.96. The average molecular weight is 437 g/mol. The van der Waals surface area contributed by atoms with Crippen LogP contribution in [0.25, 0.3) is 0 Å². The van der Waals surface area contributed by atoms with Crippen LogP contribution in [0.1, 0.15) is 54.9 Å². The van der Waals surface area contributed by atoms with Gasteiger partial charge in [-0.2, -0.15) is 4.98 Å². The number of nitrogens with two attached hydrogens (primary N) is 1. The minimum absolute atomic E-state index is 0.0877. The van der Waals surface area contributed by atoms with Crippen molar-refractivity contribution in [3.8, 4) is 5.75 Å². The lowest BCUT2D eigenvalue weighted by Crippen LogP contribution is -2.55. The number of rotatable bonds is 5. The molecule has 0 saturated heterocycles. The summed E-state index contributed by atoms with van der Waals surface area (Å²) in [7, 11) is 1.79. The van der Waals surface area contributed by atoms with Gasteiger partial charge in [0.05, 0.1) is 6.20 Å². The van der Waals surface area contributed by atoms with E-state index in [9.17, 15) is 9.59 Å². The average Bonchev–Trinajstić information content (AvgIpc) is 3.45. The van der Waals surface area contributed by atoms with Crippen molar-refractivity contribution < 1.29 is 14.3 Å². The number of fused-ring (bicyclic) bond motifs is 2. The maximum absolute atomic E-state index is 13.0. The Bertz CT molecular complexity index is 1070. The number of primary amides is 1. The van der Waals surface area contributed by atoms with E-state index in [-0.39, 0.29) is 11.9 Å². The Balaban J connectivity index is 1.44. The molecule has 2 aromatic rings. The number of nitrogens with zero attached hydrogens (tertiary/aromatic N) is 4. The van der Waals surface area contributed by atoms with E-state index >= 15 is 0 Å². The van der Waals surface area contributed by atoms with E-state index in [0.29, 0.717) is 29.7 Å². The SMILES string of the molecule is CC[C@@H]1C(=O)N(C)c2cnc(NC3Cc4c(cccc4C(N)=O)O3)nc2N1C1CCCC1. The van der Waals surface area contributed by atoms with Crippen molar-refractivity contribution in [2.75, 3.05) is 22.2 Å². The molecule has 1 aromatic heterocycles. The van der Waals surface area contributed by atoms with Crippen LogP contribution in [0.2, 0.25) is 0 Å². The van der Waals surface area contributed by atoms with Crippen LogP contribution in [0.5, 0.6) is 5.75 Å². The van der Waals surface area contributed by atoms with Gasteiger partial charge in [0.1, 0.15) is 17.5 Å². The highest BCUT2D eigenvalue weighted by atomic mass is 16.5. The Morgan fingerprint density at radius 3 is 2.81 bits per heavy atom. The molecule has 3 aliphatic rings. The van der Waals surface area contributed by atoms with Crippen LogP contribution in [0.15, 0.2) is 24.4 Å². The van der Waals surface area contributed by atoms with Gasteiger partial charge in [0.25, 0.3) is 0 Å². The maximum atomic E-state index is 13.0. The number of anilines is 3. The summed E-state index contributed by atoms with van der Waals surface area (Å²) in [4.78, 5) is 38.0. The normalized spacial score (nSPS) is 22.5. The molecule has 168 valence electrons. The minimum atomic E-state index is -0.471. The number of aromatic nitrogens is 2. The fraction of sp³-hybridized carbons (Fsp3) is 0.478. The van der Waals surface area contributed by atoms with E-state index in [1.54, 1.807) is 30.3 Å². The largest absolute Gasteiger partial charge is 0.470 e. The molecule has 3 heterocycles. The Morgan fingerprint density at radius 1 is 1.31 bits per heavy atom. The molecule has 2 atom stereocenters. The minimum Gasteiger partial charge on any atom is -0.470 e. The van der Waals surface area contributed by atoms with Crippen LogP contribution < -0.4 is 25.6 Å². The summed E-state index contributed by atoms with van der Waals surface area (Å²) in [5.74, 6) is 1.48. The Labute approximate surface area is 187 Å². The van der Waals surface area contributed by atoms with E-state index in [1.165, 1.54) is 12.8 Å². The molecule has 1 fully saturated rings. The second-order valence-electron chi connectivity index (χ2n) is 8.67. The van der Waals surface area contributed by atoms with Crippen LogP contribution in [0, 0.1) is 0 Å². The molecule has 2 aliphatic heterocycles. The van der Waals surface area contributed by atoms with Crippen LogP contribution >= 0.6 is 0 Å². The van der Waals surface area contributed by atoms with Crippen molar-refractivity contribution in [1.82, 2.24) is 9.97 Å². The molecular weight excluding hydrogens is 408 g/mol. The topological polar surface area (TPSA) is 114 Å². The molecule has 9 nitrogen and oxygen atoms in total. The van der Waals surface area contributed by atoms with Crippen LogP contribution in [-0.2, 0) is 11.2 Å². The summed E-state index contributed by atoms with van der Waals surface area (Å²) in [5, 5.41) is 3.25. The van der Waals surface area contributed by atoms with Crippen molar-refractivity contribution in [2.24, 2.45) is 5.73 Å². The van der Waals surface area contributed by atoms with Gasteiger partial charge in [0.15, 0.2) is 12.0 Å². The van der Waals surface area contributed by atoms with Gasteiger partial charge < -0.3 is 25.6 Å². The van der Waals surface area contributed by atoms with Gasteiger partial charge in [-0.1, -0.05) is 25.8 Å². The Morgan fingerprint density at radius 2 is 2.09 bits per heavy atom. The summed E-state index contributed by atoms with van der Waals surface area (Å²) in [6, 6.07) is 5.38. The smallest absolute Gasteiger partial charge is 0.249 e. The number of carbonyl (C=O) groups excluding carboxylic acids is 2. The van der Waals surface area contributed by atoms with E-state index in [4.69, 9.17) is 15.5 Å². The molecule has 3 N–H and O–H groups in total. The number of hydrogen-bond donors (Lipinski definition) is 2. The Kier molecular flexibility index (Phi) is 5.11. The highest BCUT2D eigenvalue weighted by molar-refractivity contribution is 6.04. The summed E-state index contributed by atoms with van der Waals surface area (Å²) in [6.07, 6.45) is 6.97. The molecular formula is C23H28N6O3. The third kappa shape index (κ3) is 3.32. The summed E-state index contributed by atoms with van der Waals surface area (Å²) in [6.45, 7) is 2.05. The van der Waals surface area contributed by atoms with Gasteiger partial charge in [0, 0.05) is 30.6 Å². The van der Waals surface area contributed by atoms with Gasteiger partial charge in [-0.15, -0.1) is 0 Å². The lowest BCUT2D eigenvalue weighted by atomic mass is 10.0. The molecule has 5 rings (SSSR count). The zero-order valence-corrected chi connectivity index (χ0v) is 18.4. The first-order chi connectivity index (χ1) is 15.5. The van der Waals surface area contributed by atoms with Crippen molar-refractivity contribution in [1.29, 1.82) is 0 Å². The quantitative estimate of drug-likeness (QED) is 0.740. The standard InChI is InChI=1S/C23H28N6O3/c1-3-16-22(31)28(2)17-12-25-23(27-21(17)29(16)13-7-4-5-8-13)26-19-11-15-14(20(24)30)9-6-10-18(15)32-19/h6,9-10,12-13,16,19H,3-5,7-8,11H2,1-2H3,(H2,24,30)(H,25,26,27)/t16-,19?/m1/s1. The molecule has 1 aromatic carbocycles. The fourth-order valence-electron chi connectivity index (χ4n) is 5.17. The number of amides is 2. The van der Waals surface area contributed by atoms with Gasteiger partial charge in [-0.3, -0.25) is 9.59 Å². The van der Waals surface area contributed by atoms with Crippen LogP contribution in [-0.4, -0.2) is 47.1 Å². The zero-order chi connectivity index (χ0) is 22.4. The molecule has 1 unspecified atom stereocenters. The number of carbonyl (C=O) groups is 2. The van der Waals surface area contributed by atoms with Gasteiger partial charge in [-0.05, 0) is 31.4 Å². The highest BCUT2D eigenvalue weighted by Gasteiger charge is 2.41. The molecule has 1 aliphatic carbocycles. The number of hydrogen-bond acceptors (Lipinski definition) is 7. The monoisotopic (exact) mass is 436 g/mol. The molecule has 0 bridgehead atoms. The predicted molar refractivity (Wildman–Crippen MR) is 121 cm³/mol. The molecule has 9 heteroatoms. The lowest BCUT2D eigenvalue weighted by molar-refractivity contribution is -0.120. The Hall–Kier alpha value is -3.36. The maximum Gasteiger partial charge on any atom is 0.249 e. The molecule has 0 spiro atoms. The number of nitrogens with one attached hydrogen (secondary N) is 1. The van der Waals surface area contributed by atoms with Gasteiger partial charge >= 0.3 is 0 Å². The number of benzene rings is 1. The third-order valence-electron chi connectivity index (χ3n) is 6.76. The second-order valence-corrected chi connectivity index (χ2v) is 8.67. The number of likely N-dealkylation sites (N-methyl/N-ethyl adjacent to an activating group) is 1. The van der Waals surface area contributed by atoms with Gasteiger partial charge in [-0.25, -0.2) is 4.98 Å². The van der Waals surface area contributed by atoms with E-state index < -0.39 is 12.1 Å². The first-order valence-corrected chi connectivity index (χ1v) is 11.3. The lowest BCUT2D eigenvalue weighted by Gasteiger charge is -2.43. The van der Waals surface area contributed by atoms with Crippen molar-refractivity contribution in [2.45, 2.75) is 63.8 Å². The summed E-state index contributed by atoms with van der Waals surface area (Å²) < 4.78 is 5.98. The molecule has 2 amide bonds. The zero-order valence-electron chi connectivity index (χ0n) is 18.4. The molecule has 32 heavy (non-hydrogen) atoms. The first-order valence-electron chi connectivity index (χ1n) is 11.3. The highest BCUT2D eigenvalue weighted by Crippen LogP contribution is 2.40. The van der Waals surface area contributed by atoms with Crippen molar-refractivity contribution in [3.63, 3.8) is 0 Å². The van der Waals surface area contributed by atoms with E-state index in [2.05, 4.69) is 15.2 Å². The van der Waals surface area contributed by atoms with Crippen LogP contribution in [0.4, 0.5) is 17.5 Å². The predicted octanol–water partition coefficient (Wildman–Crippen LogP) is 2.45. The van der Waals surface area contributed by atoms with E-state index in [1.807, 2.05) is 13.0 Å². The number of ether oxygens (including phenoxy) is 1. The van der Waals surface area contributed by atoms with Crippen molar-refractivity contribution in [3.05, 3.63) is 35.5 Å². The molecule has 0 radical (unpaired) electrons. The van der Waals surface area contributed by atoms with Crippen molar-refractivity contribution >= 4 is 29.3 Å². The van der Waals surface area contributed by atoms with Crippen LogP contribution in [0.3, 0.4) is 0 Å². The van der Waals surface area contributed by atoms with E-state index in [0.717, 1.165) is 36.3 Å². The summed E-state index contributed by atoms with van der Waals surface area (Å²) >= 11 is 0. The molecule has 1 saturated carbocycles.